The van der Waals surface area contributed by atoms with Crippen molar-refractivity contribution in [3.05, 3.63) is 24.3 Å². The number of aromatic nitrogens is 3. The van der Waals surface area contributed by atoms with E-state index in [9.17, 15) is 21.6 Å². The molecule has 108 valence electrons. The van der Waals surface area contributed by atoms with Gasteiger partial charge < -0.3 is 11.5 Å². The lowest BCUT2D eigenvalue weighted by Crippen LogP contribution is -2.23. The molecule has 0 aliphatic rings. The number of alkyl halides is 3. The Morgan fingerprint density at radius 1 is 1.20 bits per heavy atom. The van der Waals surface area contributed by atoms with Crippen LogP contribution >= 0.6 is 0 Å². The summed E-state index contributed by atoms with van der Waals surface area (Å²) in [5.74, 6) is -0.365. The molecule has 0 atom stereocenters. The first-order valence-electron chi connectivity index (χ1n) is 5.03. The van der Waals surface area contributed by atoms with Crippen LogP contribution in [0.15, 0.2) is 29.2 Å². The van der Waals surface area contributed by atoms with Crippen molar-refractivity contribution in [1.29, 1.82) is 0 Å². The lowest BCUT2D eigenvalue weighted by atomic mass is 10.3. The molecular weight excluding hydrogens is 299 g/mol. The van der Waals surface area contributed by atoms with Crippen molar-refractivity contribution >= 4 is 21.7 Å². The molecule has 4 N–H and O–H groups in total. The summed E-state index contributed by atoms with van der Waals surface area (Å²) in [4.78, 5) is 2.64. The van der Waals surface area contributed by atoms with E-state index in [0.717, 1.165) is 22.9 Å². The van der Waals surface area contributed by atoms with Crippen molar-refractivity contribution in [2.75, 3.05) is 11.5 Å². The molecule has 0 spiro atoms. The fourth-order valence-corrected chi connectivity index (χ4v) is 2.25. The molecule has 0 bridgehead atoms. The van der Waals surface area contributed by atoms with Gasteiger partial charge in [0.2, 0.25) is 11.9 Å². The van der Waals surface area contributed by atoms with Crippen LogP contribution in [0.25, 0.3) is 5.69 Å². The van der Waals surface area contributed by atoms with E-state index in [1.807, 2.05) is 0 Å². The highest BCUT2D eigenvalue weighted by atomic mass is 32.2. The van der Waals surface area contributed by atoms with Crippen LogP contribution < -0.4 is 11.5 Å². The summed E-state index contributed by atoms with van der Waals surface area (Å²) in [6.45, 7) is 0. The second-order valence-corrected chi connectivity index (χ2v) is 5.63. The predicted molar refractivity (Wildman–Crippen MR) is 63.4 cm³/mol. The normalized spacial score (nSPS) is 12.6. The summed E-state index contributed by atoms with van der Waals surface area (Å²) in [6, 6.07) is 4.06. The van der Waals surface area contributed by atoms with Crippen molar-refractivity contribution in [3.63, 3.8) is 0 Å². The first-order chi connectivity index (χ1) is 9.13. The molecule has 7 nitrogen and oxygen atoms in total. The predicted octanol–water partition coefficient (Wildman–Crippen LogP) is 0.725. The zero-order valence-corrected chi connectivity index (χ0v) is 10.5. The number of sulfone groups is 1. The number of hydrogen-bond acceptors (Lipinski definition) is 6. The third-order valence-corrected chi connectivity index (χ3v) is 3.81. The largest absolute Gasteiger partial charge is 0.501 e. The van der Waals surface area contributed by atoms with Crippen molar-refractivity contribution in [3.8, 4) is 5.69 Å². The monoisotopic (exact) mass is 307 g/mol. The minimum Gasteiger partial charge on any atom is -0.368 e. The summed E-state index contributed by atoms with van der Waals surface area (Å²) in [5.41, 5.74) is 5.35. The molecule has 2 rings (SSSR count). The Hall–Kier alpha value is -2.30. The van der Waals surface area contributed by atoms with Gasteiger partial charge >= 0.3 is 5.51 Å². The van der Waals surface area contributed by atoms with Crippen LogP contribution in [-0.2, 0) is 9.84 Å². The van der Waals surface area contributed by atoms with Gasteiger partial charge in [-0.15, -0.1) is 5.10 Å². The van der Waals surface area contributed by atoms with E-state index in [1.54, 1.807) is 0 Å². The van der Waals surface area contributed by atoms with Crippen LogP contribution in [0.5, 0.6) is 0 Å². The lowest BCUT2D eigenvalue weighted by molar-refractivity contribution is -0.0436. The molecule has 11 heteroatoms. The number of nitrogen functional groups attached to an aromatic ring is 2. The van der Waals surface area contributed by atoms with E-state index in [1.165, 1.54) is 6.07 Å². The Labute approximate surface area is 110 Å². The molecule has 0 saturated carbocycles. The summed E-state index contributed by atoms with van der Waals surface area (Å²) < 4.78 is 60.9. The van der Waals surface area contributed by atoms with Crippen molar-refractivity contribution in [2.45, 2.75) is 10.4 Å². The maximum absolute atomic E-state index is 12.5. The average molecular weight is 307 g/mol. The van der Waals surface area contributed by atoms with Gasteiger partial charge in [0.25, 0.3) is 9.84 Å². The Morgan fingerprint density at radius 3 is 2.35 bits per heavy atom. The first kappa shape index (κ1) is 14.1. The molecule has 0 saturated heterocycles. The summed E-state index contributed by atoms with van der Waals surface area (Å²) in [7, 11) is -5.45. The van der Waals surface area contributed by atoms with E-state index >= 15 is 0 Å². The van der Waals surface area contributed by atoms with Crippen LogP contribution in [0.1, 0.15) is 0 Å². The van der Waals surface area contributed by atoms with Crippen LogP contribution in [0, 0.1) is 0 Å². The van der Waals surface area contributed by atoms with Gasteiger partial charge in [0.05, 0.1) is 10.6 Å². The summed E-state index contributed by atoms with van der Waals surface area (Å²) in [5, 5.41) is 3.65. The Bertz CT molecular complexity index is 753. The first-order valence-corrected chi connectivity index (χ1v) is 6.51. The number of halogens is 3. The Balaban J connectivity index is 2.57. The maximum Gasteiger partial charge on any atom is 0.501 e. The summed E-state index contributed by atoms with van der Waals surface area (Å²) >= 11 is 0. The zero-order valence-electron chi connectivity index (χ0n) is 9.66. The fraction of sp³-hybridized carbons (Fsp3) is 0.111. The fourth-order valence-electron chi connectivity index (χ4n) is 1.45. The molecule has 20 heavy (non-hydrogen) atoms. The van der Waals surface area contributed by atoms with Gasteiger partial charge in [-0.2, -0.15) is 22.8 Å². The van der Waals surface area contributed by atoms with Crippen LogP contribution in [0.2, 0.25) is 0 Å². The number of nitrogens with two attached hydrogens (primary N) is 2. The van der Waals surface area contributed by atoms with Gasteiger partial charge in [0.15, 0.2) is 0 Å². The molecular formula is C9H8F3N5O2S. The minimum absolute atomic E-state index is 0.00275. The van der Waals surface area contributed by atoms with Gasteiger partial charge in [0.1, 0.15) is 0 Å². The van der Waals surface area contributed by atoms with Crippen LogP contribution in [0.3, 0.4) is 0 Å². The highest BCUT2D eigenvalue weighted by molar-refractivity contribution is 7.92. The maximum atomic E-state index is 12.5. The van der Waals surface area contributed by atoms with Gasteiger partial charge in [-0.3, -0.25) is 0 Å². The molecule has 1 aromatic carbocycles. The molecule has 0 radical (unpaired) electrons. The lowest BCUT2D eigenvalue weighted by Gasteiger charge is -2.09. The molecule has 0 amide bonds. The topological polar surface area (TPSA) is 117 Å². The van der Waals surface area contributed by atoms with Crippen molar-refractivity contribution in [2.24, 2.45) is 0 Å². The van der Waals surface area contributed by atoms with E-state index < -0.39 is 20.2 Å². The zero-order chi connectivity index (χ0) is 15.1. The molecule has 0 unspecified atom stereocenters. The van der Waals surface area contributed by atoms with Gasteiger partial charge in [-0.1, -0.05) is 6.07 Å². The number of nitrogens with zero attached hydrogens (tertiary/aromatic N) is 3. The smallest absolute Gasteiger partial charge is 0.368 e. The van der Waals surface area contributed by atoms with E-state index in [4.69, 9.17) is 11.5 Å². The highest BCUT2D eigenvalue weighted by Gasteiger charge is 2.46. The van der Waals surface area contributed by atoms with Gasteiger partial charge in [0, 0.05) is 0 Å². The average Bonchev–Trinajstić information content (AvgIpc) is 2.67. The molecule has 0 fully saturated rings. The number of benzene rings is 1. The second kappa shape index (κ2) is 4.37. The number of rotatable bonds is 2. The third-order valence-electron chi connectivity index (χ3n) is 2.33. The van der Waals surface area contributed by atoms with Crippen molar-refractivity contribution < 1.29 is 21.6 Å². The third kappa shape index (κ3) is 2.27. The SMILES string of the molecule is Nc1nc(N)n(-c2cccc(S(=O)(=O)C(F)(F)F)c2)n1. The van der Waals surface area contributed by atoms with E-state index in [2.05, 4.69) is 10.1 Å². The molecule has 1 heterocycles. The number of hydrogen-bond donors (Lipinski definition) is 2. The molecule has 1 aromatic heterocycles. The minimum atomic E-state index is -5.45. The van der Waals surface area contributed by atoms with E-state index in [-0.39, 0.29) is 17.6 Å². The highest BCUT2D eigenvalue weighted by Crippen LogP contribution is 2.31. The van der Waals surface area contributed by atoms with Crippen molar-refractivity contribution in [1.82, 2.24) is 14.8 Å². The standard InChI is InChI=1S/C9H8F3N5O2S/c10-9(11,12)20(18,19)6-3-1-2-5(4-6)17-8(14)15-7(13)16-17/h1-4H,(H4,13,14,15,16). The second-order valence-electron chi connectivity index (χ2n) is 3.69. The Kier molecular flexibility index (Phi) is 3.08. The van der Waals surface area contributed by atoms with Crippen LogP contribution in [0.4, 0.5) is 25.1 Å². The van der Waals surface area contributed by atoms with Gasteiger partial charge in [-0.25, -0.2) is 8.42 Å². The molecule has 2 aromatic rings. The molecule has 0 aliphatic carbocycles. The Morgan fingerprint density at radius 2 is 1.85 bits per heavy atom. The van der Waals surface area contributed by atoms with Crippen LogP contribution in [-0.4, -0.2) is 28.7 Å². The molecule has 0 aliphatic heterocycles. The van der Waals surface area contributed by atoms with E-state index in [0.29, 0.717) is 0 Å². The quantitative estimate of drug-likeness (QED) is 0.844. The number of anilines is 2. The van der Waals surface area contributed by atoms with Gasteiger partial charge in [-0.05, 0) is 18.2 Å². The summed E-state index contributed by atoms with van der Waals surface area (Å²) in [6.07, 6.45) is 0.